The zero-order chi connectivity index (χ0) is 11.4. The molecule has 0 bridgehead atoms. The lowest BCUT2D eigenvalue weighted by atomic mass is 9.90. The van der Waals surface area contributed by atoms with Crippen LogP contribution in [0.5, 0.6) is 0 Å². The summed E-state index contributed by atoms with van der Waals surface area (Å²) in [7, 11) is 0. The van der Waals surface area contributed by atoms with Crippen molar-refractivity contribution in [3.05, 3.63) is 48.6 Å². The van der Waals surface area contributed by atoms with Gasteiger partial charge in [0.2, 0.25) is 0 Å². The number of carbonyl (C=O) groups is 1. The van der Waals surface area contributed by atoms with Gasteiger partial charge in [0.25, 0.3) is 0 Å². The van der Waals surface area contributed by atoms with Gasteiger partial charge in [0, 0.05) is 12.0 Å². The fourth-order valence-electron chi connectivity index (χ4n) is 1.73. The molecule has 1 aromatic carbocycles. The topological polar surface area (TPSA) is 35.5 Å². The molecule has 0 aromatic heterocycles. The summed E-state index contributed by atoms with van der Waals surface area (Å²) in [6.07, 6.45) is 1.14. The van der Waals surface area contributed by atoms with Crippen molar-refractivity contribution in [2.75, 3.05) is 13.2 Å². The van der Waals surface area contributed by atoms with Crippen molar-refractivity contribution >= 4 is 5.97 Å². The van der Waals surface area contributed by atoms with Gasteiger partial charge in [0.05, 0.1) is 6.61 Å². The molecule has 0 N–H and O–H groups in total. The van der Waals surface area contributed by atoms with E-state index in [1.807, 2.05) is 18.2 Å². The lowest BCUT2D eigenvalue weighted by Crippen LogP contribution is -2.41. The molecule has 2 unspecified atom stereocenters. The quantitative estimate of drug-likeness (QED) is 0.572. The van der Waals surface area contributed by atoms with Crippen molar-refractivity contribution in [2.45, 2.75) is 12.0 Å². The van der Waals surface area contributed by atoms with Gasteiger partial charge in [-0.1, -0.05) is 36.9 Å². The van der Waals surface area contributed by atoms with E-state index in [1.165, 1.54) is 5.56 Å². The second-order valence-corrected chi connectivity index (χ2v) is 3.72. The van der Waals surface area contributed by atoms with Crippen LogP contribution in [0.15, 0.2) is 43.0 Å². The van der Waals surface area contributed by atoms with Crippen LogP contribution in [0.25, 0.3) is 0 Å². The van der Waals surface area contributed by atoms with Crippen LogP contribution in [0.4, 0.5) is 0 Å². The summed E-state index contributed by atoms with van der Waals surface area (Å²) in [5, 5.41) is 0. The van der Waals surface area contributed by atoms with E-state index in [4.69, 9.17) is 9.47 Å². The van der Waals surface area contributed by atoms with Gasteiger partial charge < -0.3 is 9.47 Å². The van der Waals surface area contributed by atoms with Crippen LogP contribution in [0.3, 0.4) is 0 Å². The highest BCUT2D eigenvalue weighted by Gasteiger charge is 2.34. The van der Waals surface area contributed by atoms with Gasteiger partial charge in [-0.15, -0.1) is 0 Å². The molecule has 16 heavy (non-hydrogen) atoms. The molecule has 1 aromatic rings. The van der Waals surface area contributed by atoms with Gasteiger partial charge in [0.15, 0.2) is 0 Å². The lowest BCUT2D eigenvalue weighted by molar-refractivity contribution is -0.152. The Hall–Kier alpha value is -1.61. The molecule has 0 saturated carbocycles. The molecular weight excluding hydrogens is 204 g/mol. The number of ether oxygens (including phenoxy) is 2. The van der Waals surface area contributed by atoms with Crippen LogP contribution in [0.2, 0.25) is 0 Å². The Bertz CT molecular complexity index is 372. The Kier molecular flexibility index (Phi) is 3.37. The third kappa shape index (κ3) is 2.31. The van der Waals surface area contributed by atoms with Gasteiger partial charge in [-0.25, -0.2) is 4.79 Å². The van der Waals surface area contributed by atoms with Crippen molar-refractivity contribution in [1.82, 2.24) is 0 Å². The molecule has 2 atom stereocenters. The fraction of sp³-hybridized carbons (Fsp3) is 0.308. The zero-order valence-electron chi connectivity index (χ0n) is 8.96. The molecule has 84 valence electrons. The number of hydrogen-bond acceptors (Lipinski definition) is 3. The number of benzene rings is 1. The van der Waals surface area contributed by atoms with Gasteiger partial charge >= 0.3 is 5.97 Å². The minimum absolute atomic E-state index is 0.0219. The first-order valence-electron chi connectivity index (χ1n) is 5.27. The zero-order valence-corrected chi connectivity index (χ0v) is 8.96. The molecule has 1 saturated heterocycles. The van der Waals surface area contributed by atoms with Crippen LogP contribution < -0.4 is 0 Å². The van der Waals surface area contributed by atoms with E-state index in [-0.39, 0.29) is 6.10 Å². The van der Waals surface area contributed by atoms with E-state index in [1.54, 1.807) is 0 Å². The Balaban J connectivity index is 1.89. The van der Waals surface area contributed by atoms with E-state index >= 15 is 0 Å². The maximum absolute atomic E-state index is 10.9. The van der Waals surface area contributed by atoms with Gasteiger partial charge in [-0.3, -0.25) is 0 Å². The first-order valence-corrected chi connectivity index (χ1v) is 5.27. The Morgan fingerprint density at radius 2 is 2.25 bits per heavy atom. The smallest absolute Gasteiger partial charge is 0.330 e. The average molecular weight is 218 g/mol. The third-order valence-electron chi connectivity index (χ3n) is 2.72. The maximum Gasteiger partial charge on any atom is 0.330 e. The molecule has 0 spiro atoms. The molecular formula is C13H14O3. The molecule has 1 fully saturated rings. The summed E-state index contributed by atoms with van der Waals surface area (Å²) in [4.78, 5) is 10.9. The summed E-state index contributed by atoms with van der Waals surface area (Å²) in [6, 6.07) is 10.1. The highest BCUT2D eigenvalue weighted by Crippen LogP contribution is 2.31. The van der Waals surface area contributed by atoms with Crippen LogP contribution in [-0.4, -0.2) is 25.3 Å². The van der Waals surface area contributed by atoms with E-state index in [2.05, 4.69) is 18.7 Å². The molecule has 1 aliphatic heterocycles. The molecule has 1 heterocycles. The third-order valence-corrected chi connectivity index (χ3v) is 2.72. The van der Waals surface area contributed by atoms with Gasteiger partial charge in [-0.05, 0) is 5.56 Å². The van der Waals surface area contributed by atoms with E-state index in [0.717, 1.165) is 6.08 Å². The molecule has 0 aliphatic carbocycles. The summed E-state index contributed by atoms with van der Waals surface area (Å²) >= 11 is 0. The molecule has 3 heteroatoms. The van der Waals surface area contributed by atoms with Crippen molar-refractivity contribution < 1.29 is 14.3 Å². The van der Waals surface area contributed by atoms with Crippen LogP contribution in [0, 0.1) is 0 Å². The molecule has 3 nitrogen and oxygen atoms in total. The monoisotopic (exact) mass is 218 g/mol. The van der Waals surface area contributed by atoms with Gasteiger partial charge in [-0.2, -0.15) is 0 Å². The van der Waals surface area contributed by atoms with Crippen LogP contribution in [-0.2, 0) is 14.3 Å². The van der Waals surface area contributed by atoms with Gasteiger partial charge in [0.1, 0.15) is 12.7 Å². The van der Waals surface area contributed by atoms with Crippen molar-refractivity contribution in [3.63, 3.8) is 0 Å². The second-order valence-electron chi connectivity index (χ2n) is 3.72. The molecule has 0 amide bonds. The number of carbonyl (C=O) groups excluding carboxylic acids is 1. The van der Waals surface area contributed by atoms with E-state index in [9.17, 15) is 4.79 Å². The summed E-state index contributed by atoms with van der Waals surface area (Å²) in [6.45, 7) is 4.34. The number of esters is 1. The van der Waals surface area contributed by atoms with E-state index in [0.29, 0.717) is 19.1 Å². The summed E-state index contributed by atoms with van der Waals surface area (Å²) in [5.74, 6) is -0.0684. The first kappa shape index (κ1) is 10.9. The number of rotatable bonds is 4. The minimum atomic E-state index is -0.401. The Labute approximate surface area is 94.7 Å². The standard InChI is InChI=1S/C13H14O3/c1-2-13(14)16-9-12-11(8-15-12)10-6-4-3-5-7-10/h2-7,11-12H,1,8-9H2. The van der Waals surface area contributed by atoms with Crippen LogP contribution in [0.1, 0.15) is 11.5 Å². The predicted molar refractivity (Wildman–Crippen MR) is 60.1 cm³/mol. The fourth-order valence-corrected chi connectivity index (χ4v) is 1.73. The SMILES string of the molecule is C=CC(=O)OCC1OCC1c1ccccc1. The predicted octanol–water partition coefficient (Wildman–Crippen LogP) is 1.90. The lowest BCUT2D eigenvalue weighted by Gasteiger charge is -2.36. The Morgan fingerprint density at radius 3 is 2.81 bits per heavy atom. The second kappa shape index (κ2) is 4.94. The Morgan fingerprint density at radius 1 is 1.50 bits per heavy atom. The molecule has 2 rings (SSSR count). The van der Waals surface area contributed by atoms with E-state index < -0.39 is 5.97 Å². The highest BCUT2D eigenvalue weighted by atomic mass is 16.6. The molecule has 0 radical (unpaired) electrons. The first-order chi connectivity index (χ1) is 7.81. The van der Waals surface area contributed by atoms with Crippen molar-refractivity contribution in [3.8, 4) is 0 Å². The molecule has 1 aliphatic rings. The van der Waals surface area contributed by atoms with Crippen molar-refractivity contribution in [1.29, 1.82) is 0 Å². The van der Waals surface area contributed by atoms with Crippen molar-refractivity contribution in [2.24, 2.45) is 0 Å². The normalized spacial score (nSPS) is 23.2. The summed E-state index contributed by atoms with van der Waals surface area (Å²) < 4.78 is 10.3. The largest absolute Gasteiger partial charge is 0.460 e. The highest BCUT2D eigenvalue weighted by molar-refractivity contribution is 5.81. The average Bonchev–Trinajstić information content (AvgIpc) is 2.29. The van der Waals surface area contributed by atoms with Crippen LogP contribution >= 0.6 is 0 Å². The maximum atomic E-state index is 10.9. The minimum Gasteiger partial charge on any atom is -0.460 e. The summed E-state index contributed by atoms with van der Waals surface area (Å²) in [5.41, 5.74) is 1.23. The number of hydrogen-bond donors (Lipinski definition) is 0.